The predicted octanol–water partition coefficient (Wildman–Crippen LogP) is -0.215. The van der Waals surface area contributed by atoms with Crippen LogP contribution in [-0.2, 0) is 16.0 Å². The molecule has 1 atom stereocenters. The predicted molar refractivity (Wildman–Crippen MR) is 60.7 cm³/mol. The van der Waals surface area contributed by atoms with Crippen LogP contribution in [0.25, 0.3) is 0 Å². The zero-order chi connectivity index (χ0) is 14.0. The Morgan fingerprint density at radius 1 is 1.58 bits per heavy atom. The molecule has 0 saturated carbocycles. The molecule has 1 aromatic rings. The number of rotatable bonds is 3. The maximum absolute atomic E-state index is 11.8. The Labute approximate surface area is 107 Å². The van der Waals surface area contributed by atoms with Crippen molar-refractivity contribution in [3.8, 4) is 12.1 Å². The van der Waals surface area contributed by atoms with Crippen molar-refractivity contribution in [1.29, 1.82) is 10.5 Å². The third-order valence-electron chi connectivity index (χ3n) is 2.92. The number of nitriles is 2. The minimum atomic E-state index is -1.05. The normalized spacial score (nSPS) is 18.1. The molecular weight excluding hydrogens is 250 g/mol. The van der Waals surface area contributed by atoms with Gasteiger partial charge in [0.15, 0.2) is 5.82 Å². The van der Waals surface area contributed by atoms with Crippen molar-refractivity contribution in [1.82, 2.24) is 10.2 Å². The lowest BCUT2D eigenvalue weighted by molar-refractivity contribution is -0.141. The molecule has 1 aromatic heterocycles. The Balaban J connectivity index is 2.34. The van der Waals surface area contributed by atoms with Crippen LogP contribution in [0.5, 0.6) is 0 Å². The molecular formula is C11H9N5O3. The van der Waals surface area contributed by atoms with Crippen molar-refractivity contribution in [2.75, 3.05) is 11.4 Å². The minimum Gasteiger partial charge on any atom is -0.481 e. The van der Waals surface area contributed by atoms with Crippen LogP contribution < -0.4 is 4.90 Å². The van der Waals surface area contributed by atoms with Crippen molar-refractivity contribution in [2.24, 2.45) is 5.92 Å². The van der Waals surface area contributed by atoms with E-state index in [0.29, 0.717) is 5.69 Å². The molecule has 1 aliphatic rings. The van der Waals surface area contributed by atoms with Gasteiger partial charge in [-0.1, -0.05) is 0 Å². The summed E-state index contributed by atoms with van der Waals surface area (Å²) in [7, 11) is 0. The molecule has 0 aromatic carbocycles. The lowest BCUT2D eigenvalue weighted by atomic mass is 10.1. The lowest BCUT2D eigenvalue weighted by Gasteiger charge is -2.12. The summed E-state index contributed by atoms with van der Waals surface area (Å²) < 4.78 is 0. The van der Waals surface area contributed by atoms with Gasteiger partial charge >= 0.3 is 5.97 Å². The fraction of sp³-hybridized carbons (Fsp3) is 0.364. The number of anilines is 1. The molecule has 1 amide bonds. The Bertz CT molecular complexity index is 621. The van der Waals surface area contributed by atoms with Gasteiger partial charge in [0.1, 0.15) is 11.6 Å². The van der Waals surface area contributed by atoms with Gasteiger partial charge in [-0.2, -0.15) is 15.6 Å². The standard InChI is InChI=1S/C11H9N5O3/c12-2-1-8-7(4-13)10(15-14-8)16-5-6(11(18)19)3-9(16)17/h6H,1,3,5H2,(H,14,15)(H,18,19). The van der Waals surface area contributed by atoms with E-state index in [1.807, 2.05) is 12.1 Å². The average molecular weight is 259 g/mol. The van der Waals surface area contributed by atoms with Crippen molar-refractivity contribution in [3.63, 3.8) is 0 Å². The van der Waals surface area contributed by atoms with E-state index in [4.69, 9.17) is 15.6 Å². The van der Waals surface area contributed by atoms with Gasteiger partial charge in [-0.15, -0.1) is 0 Å². The molecule has 19 heavy (non-hydrogen) atoms. The number of carbonyl (C=O) groups excluding carboxylic acids is 1. The fourth-order valence-electron chi connectivity index (χ4n) is 1.96. The van der Waals surface area contributed by atoms with Crippen LogP contribution in [0.2, 0.25) is 0 Å². The van der Waals surface area contributed by atoms with Crippen molar-refractivity contribution >= 4 is 17.7 Å². The highest BCUT2D eigenvalue weighted by Gasteiger charge is 2.37. The zero-order valence-corrected chi connectivity index (χ0v) is 9.75. The van der Waals surface area contributed by atoms with Gasteiger partial charge in [0.25, 0.3) is 0 Å². The first kappa shape index (κ1) is 12.6. The van der Waals surface area contributed by atoms with Crippen molar-refractivity contribution < 1.29 is 14.7 Å². The topological polar surface area (TPSA) is 134 Å². The minimum absolute atomic E-state index is 0.0142. The van der Waals surface area contributed by atoms with E-state index in [2.05, 4.69) is 10.2 Å². The quantitative estimate of drug-likeness (QED) is 0.770. The van der Waals surface area contributed by atoms with E-state index >= 15 is 0 Å². The summed E-state index contributed by atoms with van der Waals surface area (Å²) in [5.41, 5.74) is 0.438. The van der Waals surface area contributed by atoms with Crippen LogP contribution in [0.3, 0.4) is 0 Å². The zero-order valence-electron chi connectivity index (χ0n) is 9.75. The Morgan fingerprint density at radius 3 is 2.84 bits per heavy atom. The number of carboxylic acids is 1. The van der Waals surface area contributed by atoms with Crippen molar-refractivity contribution in [2.45, 2.75) is 12.8 Å². The summed E-state index contributed by atoms with van der Waals surface area (Å²) >= 11 is 0. The molecule has 2 rings (SSSR count). The van der Waals surface area contributed by atoms with E-state index in [1.165, 1.54) is 4.90 Å². The summed E-state index contributed by atoms with van der Waals surface area (Å²) in [4.78, 5) is 23.8. The second kappa shape index (κ2) is 4.78. The smallest absolute Gasteiger partial charge is 0.308 e. The van der Waals surface area contributed by atoms with E-state index in [-0.39, 0.29) is 36.7 Å². The molecule has 96 valence electrons. The number of amides is 1. The summed E-state index contributed by atoms with van der Waals surface area (Å²) in [5, 5.41) is 33.0. The first-order valence-corrected chi connectivity index (χ1v) is 5.46. The molecule has 2 heterocycles. The van der Waals surface area contributed by atoms with E-state index < -0.39 is 11.9 Å². The van der Waals surface area contributed by atoms with E-state index in [1.54, 1.807) is 0 Å². The third-order valence-corrected chi connectivity index (χ3v) is 2.92. The number of aromatic nitrogens is 2. The van der Waals surface area contributed by atoms with Gasteiger partial charge in [-0.25, -0.2) is 0 Å². The van der Waals surface area contributed by atoms with Gasteiger partial charge < -0.3 is 5.11 Å². The number of hydrogen-bond acceptors (Lipinski definition) is 5. The highest BCUT2D eigenvalue weighted by molar-refractivity contribution is 5.99. The van der Waals surface area contributed by atoms with Crippen LogP contribution in [0, 0.1) is 28.6 Å². The molecule has 0 bridgehead atoms. The summed E-state index contributed by atoms with van der Waals surface area (Å²) in [6.45, 7) is -0.0142. The van der Waals surface area contributed by atoms with Gasteiger partial charge in [0.2, 0.25) is 5.91 Å². The van der Waals surface area contributed by atoms with Crippen molar-refractivity contribution in [3.05, 3.63) is 11.3 Å². The van der Waals surface area contributed by atoms with Crippen LogP contribution in [-0.4, -0.2) is 33.7 Å². The number of aliphatic carboxylic acids is 1. The van der Waals surface area contributed by atoms with Gasteiger partial charge in [0, 0.05) is 13.0 Å². The number of carboxylic acid groups (broad SMARTS) is 1. The van der Waals surface area contributed by atoms with Gasteiger partial charge in [-0.05, 0) is 0 Å². The van der Waals surface area contributed by atoms with Crippen LogP contribution in [0.1, 0.15) is 17.7 Å². The average Bonchev–Trinajstić information content (AvgIpc) is 2.93. The lowest BCUT2D eigenvalue weighted by Crippen LogP contribution is -2.26. The second-order valence-electron chi connectivity index (χ2n) is 4.09. The molecule has 0 aliphatic carbocycles. The highest BCUT2D eigenvalue weighted by atomic mass is 16.4. The molecule has 8 heteroatoms. The number of aromatic amines is 1. The van der Waals surface area contributed by atoms with E-state index in [9.17, 15) is 9.59 Å². The molecule has 0 spiro atoms. The maximum Gasteiger partial charge on any atom is 0.308 e. The van der Waals surface area contributed by atoms with Crippen LogP contribution >= 0.6 is 0 Å². The van der Waals surface area contributed by atoms with Crippen LogP contribution in [0.4, 0.5) is 5.82 Å². The maximum atomic E-state index is 11.8. The first-order chi connectivity index (χ1) is 9.08. The number of nitrogens with zero attached hydrogens (tertiary/aromatic N) is 4. The molecule has 0 radical (unpaired) electrons. The number of hydrogen-bond donors (Lipinski definition) is 2. The highest BCUT2D eigenvalue weighted by Crippen LogP contribution is 2.27. The fourth-order valence-corrected chi connectivity index (χ4v) is 1.96. The Morgan fingerprint density at radius 2 is 2.32 bits per heavy atom. The van der Waals surface area contributed by atoms with Gasteiger partial charge in [0.05, 0.1) is 24.1 Å². The molecule has 1 unspecified atom stereocenters. The molecule has 8 nitrogen and oxygen atoms in total. The number of carbonyl (C=O) groups is 2. The molecule has 1 saturated heterocycles. The van der Waals surface area contributed by atoms with Crippen LogP contribution in [0.15, 0.2) is 0 Å². The first-order valence-electron chi connectivity index (χ1n) is 5.46. The SMILES string of the molecule is N#CCc1[nH]nc(N2CC(C(=O)O)CC2=O)c1C#N. The van der Waals surface area contributed by atoms with Gasteiger partial charge in [-0.3, -0.25) is 19.6 Å². The largest absolute Gasteiger partial charge is 0.481 e. The molecule has 1 fully saturated rings. The summed E-state index contributed by atoms with van der Waals surface area (Å²) in [6.07, 6.45) is -0.138. The number of H-pyrrole nitrogens is 1. The summed E-state index contributed by atoms with van der Waals surface area (Å²) in [5.74, 6) is -2.14. The molecule has 2 N–H and O–H groups in total. The Hall–Kier alpha value is -2.87. The summed E-state index contributed by atoms with van der Waals surface area (Å²) in [6, 6.07) is 3.77. The number of nitrogens with one attached hydrogen (secondary N) is 1. The molecule has 1 aliphatic heterocycles. The third kappa shape index (κ3) is 2.11. The monoisotopic (exact) mass is 259 g/mol. The van der Waals surface area contributed by atoms with E-state index in [0.717, 1.165) is 0 Å². The Kier molecular flexibility index (Phi) is 3.17. The second-order valence-corrected chi connectivity index (χ2v) is 4.09.